The second-order valence-electron chi connectivity index (χ2n) is 6.70. The van der Waals surface area contributed by atoms with Gasteiger partial charge in [0.15, 0.2) is 5.82 Å². The number of hydrogen-bond acceptors (Lipinski definition) is 7. The van der Waals surface area contributed by atoms with Crippen LogP contribution in [0.4, 0.5) is 16.0 Å². The van der Waals surface area contributed by atoms with Gasteiger partial charge in [0, 0.05) is 25.9 Å². The molecule has 156 valence electrons. The lowest BCUT2D eigenvalue weighted by Crippen LogP contribution is -2.52. The molecule has 2 aliphatic heterocycles. The monoisotopic (exact) mass is 433 g/mol. The lowest BCUT2D eigenvalue weighted by Gasteiger charge is -2.32. The molecule has 12 heteroatoms. The Bertz CT molecular complexity index is 1100. The molecule has 1 aromatic carbocycles. The molecule has 4 rings (SSSR count). The number of rotatable bonds is 4. The Kier molecular flexibility index (Phi) is 5.03. The van der Waals surface area contributed by atoms with Crippen molar-refractivity contribution in [1.29, 1.82) is 0 Å². The fourth-order valence-electron chi connectivity index (χ4n) is 3.29. The molecule has 3 amide bonds. The Morgan fingerprint density at radius 3 is 2.03 bits per heavy atom. The summed E-state index contributed by atoms with van der Waals surface area (Å²) in [6.45, 7) is -0.411. The molecule has 2 aromatic rings. The van der Waals surface area contributed by atoms with E-state index in [4.69, 9.17) is 0 Å². The number of anilines is 2. The van der Waals surface area contributed by atoms with Crippen LogP contribution in [0.3, 0.4) is 0 Å². The quantitative estimate of drug-likeness (QED) is 0.636. The number of amides is 3. The summed E-state index contributed by atoms with van der Waals surface area (Å²) in [7, 11) is -3.98. The van der Waals surface area contributed by atoms with E-state index in [0.717, 1.165) is 21.6 Å². The van der Waals surface area contributed by atoms with E-state index < -0.39 is 28.3 Å². The van der Waals surface area contributed by atoms with E-state index in [-0.39, 0.29) is 48.6 Å². The number of piperazine rings is 1. The number of nitrogens with zero attached hydrogens (tertiary/aromatic N) is 5. The highest BCUT2D eigenvalue weighted by Gasteiger charge is 2.35. The van der Waals surface area contributed by atoms with Crippen LogP contribution < -0.4 is 9.80 Å². The second kappa shape index (κ2) is 7.54. The van der Waals surface area contributed by atoms with Gasteiger partial charge < -0.3 is 0 Å². The average Bonchev–Trinajstić information content (AvgIpc) is 3.07. The van der Waals surface area contributed by atoms with E-state index >= 15 is 0 Å². The average molecular weight is 433 g/mol. The number of hydrogen-bond donors (Lipinski definition) is 0. The van der Waals surface area contributed by atoms with Crippen molar-refractivity contribution in [2.45, 2.75) is 17.7 Å². The normalized spacial score (nSPS) is 18.4. The highest BCUT2D eigenvalue weighted by molar-refractivity contribution is 7.89. The third-order valence-corrected chi connectivity index (χ3v) is 6.68. The Morgan fingerprint density at radius 1 is 0.867 bits per heavy atom. The molecular formula is C18H16FN5O5S. The molecule has 0 unspecified atom stereocenters. The van der Waals surface area contributed by atoms with Gasteiger partial charge in [0.25, 0.3) is 0 Å². The summed E-state index contributed by atoms with van der Waals surface area (Å²) >= 11 is 0. The molecule has 0 spiro atoms. The summed E-state index contributed by atoms with van der Waals surface area (Å²) in [4.78, 5) is 45.7. The van der Waals surface area contributed by atoms with E-state index in [2.05, 4.69) is 9.97 Å². The molecule has 0 bridgehead atoms. The largest absolute Gasteiger partial charge is 0.278 e. The third-order valence-electron chi connectivity index (χ3n) is 4.82. The van der Waals surface area contributed by atoms with Gasteiger partial charge in [0.05, 0.1) is 29.5 Å². The Labute approximate surface area is 171 Å². The maximum Gasteiger partial charge on any atom is 0.244 e. The van der Waals surface area contributed by atoms with E-state index in [1.807, 2.05) is 0 Å². The van der Waals surface area contributed by atoms with Crippen molar-refractivity contribution in [3.8, 4) is 0 Å². The van der Waals surface area contributed by atoms with Crippen LogP contribution in [0.25, 0.3) is 0 Å². The van der Waals surface area contributed by atoms with Gasteiger partial charge in [-0.2, -0.15) is 4.31 Å². The summed E-state index contributed by atoms with van der Waals surface area (Å²) in [5.74, 6) is -1.85. The number of imide groups is 1. The second-order valence-corrected chi connectivity index (χ2v) is 8.64. The first-order valence-electron chi connectivity index (χ1n) is 9.01. The molecule has 10 nitrogen and oxygen atoms in total. The van der Waals surface area contributed by atoms with E-state index in [0.29, 0.717) is 5.69 Å². The van der Waals surface area contributed by atoms with Gasteiger partial charge in [-0.15, -0.1) is 0 Å². The molecule has 1 aromatic heterocycles. The zero-order valence-electron chi connectivity index (χ0n) is 15.6. The van der Waals surface area contributed by atoms with Crippen molar-refractivity contribution in [2.24, 2.45) is 0 Å². The molecule has 0 N–H and O–H groups in total. The van der Waals surface area contributed by atoms with Gasteiger partial charge in [-0.3, -0.25) is 24.2 Å². The van der Waals surface area contributed by atoms with Gasteiger partial charge in [-0.25, -0.2) is 22.8 Å². The zero-order valence-corrected chi connectivity index (χ0v) is 16.4. The van der Waals surface area contributed by atoms with Crippen LogP contribution in [0.5, 0.6) is 0 Å². The van der Waals surface area contributed by atoms with Gasteiger partial charge in [0.2, 0.25) is 33.7 Å². The van der Waals surface area contributed by atoms with E-state index in [9.17, 15) is 27.2 Å². The fourth-order valence-corrected chi connectivity index (χ4v) is 4.67. The summed E-state index contributed by atoms with van der Waals surface area (Å²) in [5.41, 5.74) is 0.302. The Balaban J connectivity index is 1.50. The van der Waals surface area contributed by atoms with Crippen LogP contribution >= 0.6 is 0 Å². The van der Waals surface area contributed by atoms with Gasteiger partial charge in [-0.05, 0) is 24.3 Å². The van der Waals surface area contributed by atoms with Crippen LogP contribution in [0.2, 0.25) is 0 Å². The first-order valence-corrected chi connectivity index (χ1v) is 10.5. The number of carbonyl (C=O) groups excluding carboxylic acids is 3. The minimum atomic E-state index is -3.98. The maximum absolute atomic E-state index is 13.0. The molecule has 0 atom stereocenters. The molecule has 2 fully saturated rings. The maximum atomic E-state index is 13.0. The summed E-state index contributed by atoms with van der Waals surface area (Å²) in [6.07, 6.45) is 2.11. The minimum Gasteiger partial charge on any atom is -0.278 e. The van der Waals surface area contributed by atoms with Crippen LogP contribution in [-0.4, -0.2) is 60.0 Å². The summed E-state index contributed by atoms with van der Waals surface area (Å²) in [6, 6.07) is 5.36. The molecule has 0 saturated carbocycles. The van der Waals surface area contributed by atoms with E-state index in [1.54, 1.807) is 0 Å². The third kappa shape index (κ3) is 3.55. The molecule has 0 radical (unpaired) electrons. The molecule has 30 heavy (non-hydrogen) atoms. The predicted octanol–water partition coefficient (Wildman–Crippen LogP) is 0.307. The minimum absolute atomic E-state index is 0.000339. The molecule has 0 aliphatic carbocycles. The topological polar surface area (TPSA) is 121 Å². The number of benzene rings is 1. The van der Waals surface area contributed by atoms with Crippen LogP contribution in [-0.2, 0) is 24.4 Å². The number of aromatic nitrogens is 2. The molecular weight excluding hydrogens is 417 g/mol. The summed E-state index contributed by atoms with van der Waals surface area (Å²) < 4.78 is 39.8. The molecule has 2 saturated heterocycles. The summed E-state index contributed by atoms with van der Waals surface area (Å²) in [5, 5.41) is 0. The van der Waals surface area contributed by atoms with Crippen molar-refractivity contribution in [1.82, 2.24) is 14.3 Å². The first-order chi connectivity index (χ1) is 14.3. The van der Waals surface area contributed by atoms with E-state index in [1.165, 1.54) is 29.2 Å². The van der Waals surface area contributed by atoms with Crippen molar-refractivity contribution in [3.63, 3.8) is 0 Å². The highest BCUT2D eigenvalue weighted by Crippen LogP contribution is 2.26. The van der Waals surface area contributed by atoms with Gasteiger partial charge in [0.1, 0.15) is 0 Å². The number of sulfonamides is 1. The zero-order chi connectivity index (χ0) is 21.5. The van der Waals surface area contributed by atoms with Crippen LogP contribution in [0.15, 0.2) is 41.6 Å². The van der Waals surface area contributed by atoms with Gasteiger partial charge in [-0.1, -0.05) is 0 Å². The number of carbonyl (C=O) groups is 3. The Morgan fingerprint density at radius 2 is 1.47 bits per heavy atom. The Hall–Kier alpha value is -3.25. The highest BCUT2D eigenvalue weighted by atomic mass is 32.2. The van der Waals surface area contributed by atoms with Crippen molar-refractivity contribution in [3.05, 3.63) is 42.5 Å². The smallest absolute Gasteiger partial charge is 0.244 e. The van der Waals surface area contributed by atoms with Gasteiger partial charge >= 0.3 is 0 Å². The number of halogens is 1. The SMILES string of the molecule is O=C1CN(S(=O)(=O)c2ccc(N3C(=O)CCC3=O)cc2)CCN1c1ncc(F)cn1. The lowest BCUT2D eigenvalue weighted by molar-refractivity contribution is -0.121. The fraction of sp³-hybridized carbons (Fsp3) is 0.278. The van der Waals surface area contributed by atoms with Crippen molar-refractivity contribution < 1.29 is 27.2 Å². The van der Waals surface area contributed by atoms with Crippen molar-refractivity contribution in [2.75, 3.05) is 29.4 Å². The molecule has 3 heterocycles. The van der Waals surface area contributed by atoms with Crippen molar-refractivity contribution >= 4 is 39.4 Å². The lowest BCUT2D eigenvalue weighted by atomic mass is 10.3. The van der Waals surface area contributed by atoms with Crippen LogP contribution in [0.1, 0.15) is 12.8 Å². The molecule has 2 aliphatic rings. The first kappa shape index (κ1) is 20.0. The standard InChI is InChI=1S/C18H16FN5O5S/c19-12-9-20-18(21-10-12)23-8-7-22(11-17(23)27)30(28,29)14-3-1-13(2-4-14)24-15(25)5-6-16(24)26/h1-4,9-10H,5-8,11H2. The van der Waals surface area contributed by atoms with Crippen LogP contribution in [0, 0.1) is 5.82 Å². The predicted molar refractivity (Wildman–Crippen MR) is 101 cm³/mol.